The minimum Gasteiger partial charge on any atom is -0.388 e. The van der Waals surface area contributed by atoms with Crippen molar-refractivity contribution in [3.63, 3.8) is 0 Å². The number of alkyl halides is 6. The maximum Gasteiger partial charge on any atom is 0.416 e. The normalized spacial score (nSPS) is 23.8. The molecule has 1 N–H and O–H groups in total. The number of hydrogen-bond donors (Lipinski definition) is 1. The summed E-state index contributed by atoms with van der Waals surface area (Å²) in [7, 11) is 2.10. The number of likely N-dealkylation sites (N-methyl/N-ethyl adjacent to an activating group) is 1. The van der Waals surface area contributed by atoms with Crippen molar-refractivity contribution in [3.8, 4) is 0 Å². The second-order valence-corrected chi connectivity index (χ2v) is 16.2. The summed E-state index contributed by atoms with van der Waals surface area (Å²) in [5.41, 5.74) is 2.32. The van der Waals surface area contributed by atoms with E-state index in [1.165, 1.54) is 0 Å². The van der Waals surface area contributed by atoms with Gasteiger partial charge in [-0.2, -0.15) is 13.2 Å². The Kier molecular flexibility index (Phi) is 9.99. The van der Waals surface area contributed by atoms with Crippen LogP contribution in [0.1, 0.15) is 122 Å². The molecule has 3 fully saturated rings. The first-order chi connectivity index (χ1) is 24.6. The summed E-state index contributed by atoms with van der Waals surface area (Å²) in [4.78, 5) is 21.2. The third-order valence-electron chi connectivity index (χ3n) is 11.7. The largest absolute Gasteiger partial charge is 0.416 e. The lowest BCUT2D eigenvalue weighted by atomic mass is 9.68. The number of rotatable bonds is 6. The maximum absolute atomic E-state index is 17.3. The molecule has 0 radical (unpaired) electrons. The number of nitrogens with zero attached hydrogens (tertiary/aromatic N) is 6. The molecule has 2 aromatic heterocycles. The van der Waals surface area contributed by atoms with E-state index in [9.17, 15) is 27.1 Å². The molecule has 52 heavy (non-hydrogen) atoms. The standard InChI is InChI=1S/C39H48F6N6O/c1-37(2)20-29-32(30(52)21-37)31(24-8-12-38(41,42)13-9-24)33(34(40)25-4-6-27(7-5-25)39(43,44)45)35(48-29)26-10-14-51(15-11-26)36-46-22-28(23-47-36)50-18-16-49(3)17-19-50/h4-7,22-24,26,30,34,52H,8-21H2,1-3H3. The Morgan fingerprint density at radius 3 is 2.04 bits per heavy atom. The molecule has 13 heteroatoms. The number of piperidine rings is 1. The Morgan fingerprint density at radius 1 is 0.827 bits per heavy atom. The first-order valence-corrected chi connectivity index (χ1v) is 18.5. The second-order valence-electron chi connectivity index (χ2n) is 16.2. The van der Waals surface area contributed by atoms with Crippen molar-refractivity contribution in [1.29, 1.82) is 0 Å². The summed E-state index contributed by atoms with van der Waals surface area (Å²) in [5, 5.41) is 11.6. The molecule has 0 amide bonds. The van der Waals surface area contributed by atoms with Gasteiger partial charge in [0.25, 0.3) is 0 Å². The van der Waals surface area contributed by atoms with Crippen LogP contribution < -0.4 is 9.80 Å². The number of fused-ring (bicyclic) bond motifs is 1. The Morgan fingerprint density at radius 2 is 1.44 bits per heavy atom. The molecular weight excluding hydrogens is 682 g/mol. The highest BCUT2D eigenvalue weighted by molar-refractivity contribution is 5.52. The fourth-order valence-electron chi connectivity index (χ4n) is 8.77. The number of anilines is 2. The predicted molar refractivity (Wildman–Crippen MR) is 188 cm³/mol. The monoisotopic (exact) mass is 730 g/mol. The topological polar surface area (TPSA) is 68.6 Å². The van der Waals surface area contributed by atoms with E-state index in [-0.39, 0.29) is 48.1 Å². The van der Waals surface area contributed by atoms with E-state index in [4.69, 9.17) is 4.98 Å². The summed E-state index contributed by atoms with van der Waals surface area (Å²) in [6.45, 7) is 8.99. The van der Waals surface area contributed by atoms with Gasteiger partial charge in [-0.3, -0.25) is 4.98 Å². The number of aliphatic hydroxyl groups excluding tert-OH is 1. The fourth-order valence-corrected chi connectivity index (χ4v) is 8.77. The van der Waals surface area contributed by atoms with Crippen LogP contribution in [0.4, 0.5) is 38.0 Å². The minimum atomic E-state index is -4.58. The van der Waals surface area contributed by atoms with Gasteiger partial charge in [-0.25, -0.2) is 23.1 Å². The number of halogens is 6. The zero-order chi connectivity index (χ0) is 37.0. The van der Waals surface area contributed by atoms with Crippen LogP contribution in [0.5, 0.6) is 0 Å². The molecule has 4 aliphatic rings. The van der Waals surface area contributed by atoms with Crippen LogP contribution in [-0.2, 0) is 12.6 Å². The Labute approximate surface area is 301 Å². The highest BCUT2D eigenvalue weighted by atomic mass is 19.4. The predicted octanol–water partition coefficient (Wildman–Crippen LogP) is 8.38. The van der Waals surface area contributed by atoms with Gasteiger partial charge >= 0.3 is 6.18 Å². The van der Waals surface area contributed by atoms with Crippen molar-refractivity contribution in [2.24, 2.45) is 5.41 Å². The van der Waals surface area contributed by atoms with Crippen molar-refractivity contribution in [3.05, 3.63) is 75.9 Å². The van der Waals surface area contributed by atoms with Crippen molar-refractivity contribution in [1.82, 2.24) is 19.9 Å². The van der Waals surface area contributed by atoms with E-state index in [1.807, 2.05) is 26.2 Å². The third kappa shape index (κ3) is 7.62. The van der Waals surface area contributed by atoms with Crippen molar-refractivity contribution >= 4 is 11.6 Å². The molecule has 2 aliphatic carbocycles. The Hall–Kier alpha value is -3.45. The Balaban J connectivity index is 1.25. The van der Waals surface area contributed by atoms with Crippen molar-refractivity contribution in [2.75, 3.05) is 56.1 Å². The molecule has 1 saturated carbocycles. The van der Waals surface area contributed by atoms with Crippen LogP contribution in [0.25, 0.3) is 0 Å². The van der Waals surface area contributed by atoms with Crippen LogP contribution in [0.15, 0.2) is 36.7 Å². The molecule has 7 nitrogen and oxygen atoms in total. The van der Waals surface area contributed by atoms with Gasteiger partial charge in [0, 0.05) is 74.8 Å². The molecule has 7 rings (SSSR count). The zero-order valence-electron chi connectivity index (χ0n) is 30.1. The summed E-state index contributed by atoms with van der Waals surface area (Å²) in [6, 6.07) is 4.06. The molecule has 0 spiro atoms. The van der Waals surface area contributed by atoms with Crippen molar-refractivity contribution in [2.45, 2.75) is 101 Å². The van der Waals surface area contributed by atoms with Crippen LogP contribution in [-0.4, -0.2) is 77.2 Å². The van der Waals surface area contributed by atoms with E-state index in [1.54, 1.807) is 0 Å². The lowest BCUT2D eigenvalue weighted by molar-refractivity contribution is -0.137. The summed E-state index contributed by atoms with van der Waals surface area (Å²) < 4.78 is 86.7. The Bertz CT molecular complexity index is 1710. The molecular formula is C39H48F6N6O. The average molecular weight is 731 g/mol. The quantitative estimate of drug-likeness (QED) is 0.256. The fraction of sp³-hybridized carbons (Fsp3) is 0.615. The maximum atomic E-state index is 17.3. The van der Waals surface area contributed by atoms with E-state index < -0.39 is 35.9 Å². The zero-order valence-corrected chi connectivity index (χ0v) is 30.1. The molecule has 0 bridgehead atoms. The molecule has 2 unspecified atom stereocenters. The first kappa shape index (κ1) is 36.9. The average Bonchev–Trinajstić information content (AvgIpc) is 3.10. The van der Waals surface area contributed by atoms with Crippen LogP contribution >= 0.6 is 0 Å². The third-order valence-corrected chi connectivity index (χ3v) is 11.7. The number of aromatic nitrogens is 3. The van der Waals surface area contributed by atoms with Gasteiger partial charge in [0.15, 0.2) is 6.17 Å². The highest BCUT2D eigenvalue weighted by Gasteiger charge is 2.44. The van der Waals surface area contributed by atoms with Gasteiger partial charge in [-0.05, 0) is 80.2 Å². The van der Waals surface area contributed by atoms with Crippen LogP contribution in [0.2, 0.25) is 0 Å². The van der Waals surface area contributed by atoms with Crippen LogP contribution in [0.3, 0.4) is 0 Å². The first-order valence-electron chi connectivity index (χ1n) is 18.5. The van der Waals surface area contributed by atoms with Gasteiger partial charge in [0.2, 0.25) is 11.9 Å². The number of piperazine rings is 1. The van der Waals surface area contributed by atoms with Gasteiger partial charge in [0.1, 0.15) is 0 Å². The molecule has 2 atom stereocenters. The van der Waals surface area contributed by atoms with Gasteiger partial charge < -0.3 is 19.8 Å². The molecule has 3 aromatic rings. The number of hydrogen-bond acceptors (Lipinski definition) is 7. The number of aliphatic hydroxyl groups is 1. The van der Waals surface area contributed by atoms with Crippen molar-refractivity contribution < 1.29 is 31.4 Å². The smallest absolute Gasteiger partial charge is 0.388 e. The van der Waals surface area contributed by atoms with Gasteiger partial charge in [0.05, 0.1) is 35.4 Å². The lowest BCUT2D eigenvalue weighted by Crippen LogP contribution is -2.44. The molecule has 1 aromatic carbocycles. The second kappa shape index (κ2) is 14.1. The summed E-state index contributed by atoms with van der Waals surface area (Å²) in [6.07, 6.45) is -2.05. The van der Waals surface area contributed by atoms with Crippen LogP contribution in [0, 0.1) is 5.41 Å². The number of benzene rings is 1. The molecule has 282 valence electrons. The summed E-state index contributed by atoms with van der Waals surface area (Å²) in [5.74, 6) is -2.87. The van der Waals surface area contributed by atoms with E-state index in [0.717, 1.165) is 56.1 Å². The van der Waals surface area contributed by atoms with E-state index in [2.05, 4.69) is 31.7 Å². The van der Waals surface area contributed by atoms with E-state index >= 15 is 4.39 Å². The van der Waals surface area contributed by atoms with Gasteiger partial charge in [-0.15, -0.1) is 0 Å². The molecule has 2 aliphatic heterocycles. The number of pyridine rings is 1. The van der Waals surface area contributed by atoms with E-state index in [0.29, 0.717) is 67.2 Å². The lowest BCUT2D eigenvalue weighted by Gasteiger charge is -2.41. The minimum absolute atomic E-state index is 0.0373. The molecule has 4 heterocycles. The summed E-state index contributed by atoms with van der Waals surface area (Å²) >= 11 is 0. The highest BCUT2D eigenvalue weighted by Crippen LogP contribution is 2.52. The SMILES string of the molecule is CN1CCN(c2cnc(N3CCC(c4nc5c(c(C6CCC(F)(F)CC6)c4C(F)c4ccc(C(F)(F)F)cc4)C(O)CC(C)(C)C5)CC3)nc2)CC1. The molecule has 2 saturated heterocycles. The van der Waals surface area contributed by atoms with Gasteiger partial charge in [-0.1, -0.05) is 26.0 Å².